The van der Waals surface area contributed by atoms with Crippen LogP contribution in [0.25, 0.3) is 16.9 Å². The van der Waals surface area contributed by atoms with Crippen molar-refractivity contribution in [3.63, 3.8) is 0 Å². The molecule has 0 aliphatic heterocycles. The first-order chi connectivity index (χ1) is 11.6. The largest absolute Gasteiger partial charge is 0.494 e. The third-order valence-corrected chi connectivity index (χ3v) is 4.34. The van der Waals surface area contributed by atoms with Crippen LogP contribution in [0.3, 0.4) is 0 Å². The molecule has 0 N–H and O–H groups in total. The third-order valence-electron chi connectivity index (χ3n) is 3.76. The van der Waals surface area contributed by atoms with Gasteiger partial charge in [-0.25, -0.2) is 4.98 Å². The number of aromatic nitrogens is 2. The Balaban J connectivity index is 2.10. The number of nitriles is 1. The minimum absolute atomic E-state index is 0.306. The van der Waals surface area contributed by atoms with Gasteiger partial charge in [0.2, 0.25) is 0 Å². The predicted molar refractivity (Wildman–Crippen MR) is 98.2 cm³/mol. The molecule has 4 nitrogen and oxygen atoms in total. The van der Waals surface area contributed by atoms with Crippen molar-refractivity contribution in [2.75, 3.05) is 6.61 Å². The van der Waals surface area contributed by atoms with Crippen LogP contribution in [0, 0.1) is 18.3 Å². The molecule has 5 heteroatoms. The van der Waals surface area contributed by atoms with Gasteiger partial charge in [-0.15, -0.1) is 0 Å². The molecule has 24 heavy (non-hydrogen) atoms. The Morgan fingerprint density at radius 2 is 2.04 bits per heavy atom. The van der Waals surface area contributed by atoms with Crippen molar-refractivity contribution in [3.05, 3.63) is 52.3 Å². The van der Waals surface area contributed by atoms with E-state index in [4.69, 9.17) is 9.72 Å². The number of aryl methyl sites for hydroxylation is 1. The number of rotatable bonds is 5. The van der Waals surface area contributed by atoms with Crippen molar-refractivity contribution in [1.29, 1.82) is 5.26 Å². The summed E-state index contributed by atoms with van der Waals surface area (Å²) >= 11 is 3.57. The van der Waals surface area contributed by atoms with Gasteiger partial charge in [0, 0.05) is 11.8 Å². The highest BCUT2D eigenvalue weighted by atomic mass is 79.9. The predicted octanol–water partition coefficient (Wildman–Crippen LogP) is 4.93. The minimum Gasteiger partial charge on any atom is -0.494 e. The lowest BCUT2D eigenvalue weighted by Crippen LogP contribution is -1.96. The first kappa shape index (κ1) is 16.5. The average molecular weight is 384 g/mol. The molecule has 0 fully saturated rings. The lowest BCUT2D eigenvalue weighted by atomic mass is 10.1. The number of hydrogen-bond acceptors (Lipinski definition) is 3. The van der Waals surface area contributed by atoms with Crippen molar-refractivity contribution in [2.24, 2.45) is 0 Å². The smallest absolute Gasteiger partial charge is 0.152 e. The Kier molecular flexibility index (Phi) is 4.86. The summed E-state index contributed by atoms with van der Waals surface area (Å²) in [7, 11) is 0. The van der Waals surface area contributed by atoms with Crippen LogP contribution in [-0.4, -0.2) is 16.0 Å². The van der Waals surface area contributed by atoms with Crippen LogP contribution in [0.1, 0.15) is 24.6 Å². The fourth-order valence-corrected chi connectivity index (χ4v) is 3.32. The summed E-state index contributed by atoms with van der Waals surface area (Å²) in [6.45, 7) is 4.82. The molecule has 0 aliphatic carbocycles. The Morgan fingerprint density at radius 3 is 2.71 bits per heavy atom. The zero-order chi connectivity index (χ0) is 17.1. The molecule has 0 unspecified atom stereocenters. The maximum Gasteiger partial charge on any atom is 0.152 e. The van der Waals surface area contributed by atoms with E-state index in [0.717, 1.165) is 44.8 Å². The summed E-state index contributed by atoms with van der Waals surface area (Å²) in [5.41, 5.74) is 4.66. The van der Waals surface area contributed by atoms with Crippen molar-refractivity contribution in [1.82, 2.24) is 9.38 Å². The molecule has 0 saturated heterocycles. The standard InChI is InChI=1S/C19H18BrN3O/c1-3-10-24-15-6-4-14(5-7-15)18-17(8-9-21)23-12-13(2)11-16(20)19(23)22-18/h4-7,11-12H,3,8,10H2,1-2H3. The lowest BCUT2D eigenvalue weighted by Gasteiger charge is -2.06. The molecule has 0 saturated carbocycles. The third kappa shape index (κ3) is 3.15. The van der Waals surface area contributed by atoms with E-state index < -0.39 is 0 Å². The van der Waals surface area contributed by atoms with Gasteiger partial charge in [0.15, 0.2) is 5.65 Å². The molecule has 0 spiro atoms. The van der Waals surface area contributed by atoms with Gasteiger partial charge >= 0.3 is 0 Å². The highest BCUT2D eigenvalue weighted by molar-refractivity contribution is 9.10. The summed E-state index contributed by atoms with van der Waals surface area (Å²) in [6.07, 6.45) is 3.30. The molecule has 0 amide bonds. The normalized spacial score (nSPS) is 10.8. The molecule has 0 aliphatic rings. The van der Waals surface area contributed by atoms with E-state index in [1.54, 1.807) is 0 Å². The van der Waals surface area contributed by atoms with Crippen LogP contribution < -0.4 is 4.74 Å². The molecule has 0 radical (unpaired) electrons. The van der Waals surface area contributed by atoms with Crippen LogP contribution >= 0.6 is 15.9 Å². The van der Waals surface area contributed by atoms with Gasteiger partial charge in [0.25, 0.3) is 0 Å². The molecule has 3 aromatic rings. The van der Waals surface area contributed by atoms with Gasteiger partial charge in [-0.05, 0) is 65.2 Å². The Labute approximate surface area is 149 Å². The summed E-state index contributed by atoms with van der Waals surface area (Å²) in [5, 5.41) is 9.23. The maximum absolute atomic E-state index is 9.23. The molecule has 0 atom stereocenters. The van der Waals surface area contributed by atoms with Crippen LogP contribution in [0.2, 0.25) is 0 Å². The van der Waals surface area contributed by atoms with E-state index in [2.05, 4.69) is 28.9 Å². The first-order valence-corrected chi connectivity index (χ1v) is 8.70. The minimum atomic E-state index is 0.306. The van der Waals surface area contributed by atoms with Gasteiger partial charge < -0.3 is 9.14 Å². The Bertz CT molecular complexity index is 907. The Hall–Kier alpha value is -2.32. The number of hydrogen-bond donors (Lipinski definition) is 0. The van der Waals surface area contributed by atoms with E-state index in [0.29, 0.717) is 13.0 Å². The zero-order valence-corrected chi connectivity index (χ0v) is 15.3. The average Bonchev–Trinajstić information content (AvgIpc) is 2.93. The van der Waals surface area contributed by atoms with Crippen LogP contribution in [0.15, 0.2) is 41.0 Å². The summed E-state index contributed by atoms with van der Waals surface area (Å²) in [4.78, 5) is 4.76. The Morgan fingerprint density at radius 1 is 1.29 bits per heavy atom. The molecule has 3 rings (SSSR count). The fourth-order valence-electron chi connectivity index (χ4n) is 2.68. The van der Waals surface area contributed by atoms with E-state index in [1.807, 2.05) is 47.9 Å². The van der Waals surface area contributed by atoms with Gasteiger partial charge in [-0.2, -0.15) is 5.26 Å². The summed E-state index contributed by atoms with van der Waals surface area (Å²) in [6, 6.07) is 12.2. The number of nitrogens with zero attached hydrogens (tertiary/aromatic N) is 3. The SMILES string of the molecule is CCCOc1ccc(-c2nc3c(Br)cc(C)cn3c2CC#N)cc1. The van der Waals surface area contributed by atoms with Gasteiger partial charge in [-0.1, -0.05) is 6.92 Å². The second kappa shape index (κ2) is 7.06. The van der Waals surface area contributed by atoms with Crippen molar-refractivity contribution in [3.8, 4) is 23.1 Å². The number of benzene rings is 1. The number of fused-ring (bicyclic) bond motifs is 1. The number of pyridine rings is 1. The molecule has 0 bridgehead atoms. The highest BCUT2D eigenvalue weighted by Crippen LogP contribution is 2.30. The van der Waals surface area contributed by atoms with E-state index >= 15 is 0 Å². The topological polar surface area (TPSA) is 50.3 Å². The molecule has 1 aromatic carbocycles. The second-order valence-corrected chi connectivity index (χ2v) is 6.53. The molecule has 2 aromatic heterocycles. The van der Waals surface area contributed by atoms with Crippen molar-refractivity contribution >= 4 is 21.6 Å². The van der Waals surface area contributed by atoms with E-state index in [-0.39, 0.29) is 0 Å². The monoisotopic (exact) mass is 383 g/mol. The highest BCUT2D eigenvalue weighted by Gasteiger charge is 2.16. The van der Waals surface area contributed by atoms with Crippen LogP contribution in [0.5, 0.6) is 5.75 Å². The van der Waals surface area contributed by atoms with Crippen molar-refractivity contribution in [2.45, 2.75) is 26.7 Å². The number of ether oxygens (including phenoxy) is 1. The maximum atomic E-state index is 9.23. The molecule has 2 heterocycles. The van der Waals surface area contributed by atoms with Gasteiger partial charge in [0.05, 0.1) is 35.0 Å². The molecular weight excluding hydrogens is 366 g/mol. The molecule has 122 valence electrons. The van der Waals surface area contributed by atoms with Crippen LogP contribution in [-0.2, 0) is 6.42 Å². The first-order valence-electron chi connectivity index (χ1n) is 7.91. The quantitative estimate of drug-likeness (QED) is 0.627. The molecular formula is C19H18BrN3O. The lowest BCUT2D eigenvalue weighted by molar-refractivity contribution is 0.317. The van der Waals surface area contributed by atoms with E-state index in [9.17, 15) is 5.26 Å². The summed E-state index contributed by atoms with van der Waals surface area (Å²) in [5.74, 6) is 0.850. The van der Waals surface area contributed by atoms with Crippen molar-refractivity contribution < 1.29 is 4.74 Å². The fraction of sp³-hybridized carbons (Fsp3) is 0.263. The second-order valence-electron chi connectivity index (χ2n) is 5.67. The van der Waals surface area contributed by atoms with E-state index in [1.165, 1.54) is 0 Å². The zero-order valence-electron chi connectivity index (χ0n) is 13.7. The van der Waals surface area contributed by atoms with Gasteiger partial charge in [0.1, 0.15) is 5.75 Å². The summed E-state index contributed by atoms with van der Waals surface area (Å²) < 4.78 is 8.56. The number of halogens is 1. The van der Waals surface area contributed by atoms with Gasteiger partial charge in [-0.3, -0.25) is 0 Å². The van der Waals surface area contributed by atoms with Crippen LogP contribution in [0.4, 0.5) is 0 Å². The number of imidazole rings is 1.